The zero-order valence-electron chi connectivity index (χ0n) is 16.2. The molecule has 6 heteroatoms. The molecule has 2 aromatic carbocycles. The van der Waals surface area contributed by atoms with Gasteiger partial charge in [-0.15, -0.1) is 0 Å². The third-order valence-corrected chi connectivity index (χ3v) is 5.33. The maximum Gasteiger partial charge on any atom is 0.335 e. The standard InChI is InChI=1S/C22H25NO5/c1-15-11-16(13-17(12-15)21(25)26)20(24)23-14-22(7-9-28-10-8-22)18-3-5-19(27-2)6-4-18/h3-6,11-13H,7-10,14H2,1-2H3,(H,23,24)(H,25,26). The third kappa shape index (κ3) is 4.34. The van der Waals surface area contributed by atoms with Crippen LogP contribution in [0, 0.1) is 6.92 Å². The summed E-state index contributed by atoms with van der Waals surface area (Å²) in [5, 5.41) is 12.2. The first-order valence-electron chi connectivity index (χ1n) is 9.29. The van der Waals surface area contributed by atoms with Gasteiger partial charge in [0.1, 0.15) is 5.75 Å². The Morgan fingerprint density at radius 3 is 2.36 bits per heavy atom. The molecule has 148 valence electrons. The lowest BCUT2D eigenvalue weighted by Crippen LogP contribution is -2.44. The highest BCUT2D eigenvalue weighted by Gasteiger charge is 2.35. The fourth-order valence-corrected chi connectivity index (χ4v) is 3.66. The van der Waals surface area contributed by atoms with Crippen molar-refractivity contribution < 1.29 is 24.2 Å². The van der Waals surface area contributed by atoms with Gasteiger partial charge >= 0.3 is 5.97 Å². The van der Waals surface area contributed by atoms with Crippen LogP contribution in [-0.4, -0.2) is 43.9 Å². The minimum Gasteiger partial charge on any atom is -0.497 e. The van der Waals surface area contributed by atoms with E-state index in [4.69, 9.17) is 9.47 Å². The van der Waals surface area contributed by atoms with E-state index < -0.39 is 5.97 Å². The zero-order valence-corrected chi connectivity index (χ0v) is 16.2. The van der Waals surface area contributed by atoms with Crippen molar-refractivity contribution in [2.45, 2.75) is 25.2 Å². The Kier molecular flexibility index (Phi) is 5.99. The molecule has 0 aliphatic carbocycles. The topological polar surface area (TPSA) is 84.9 Å². The van der Waals surface area contributed by atoms with E-state index >= 15 is 0 Å². The predicted molar refractivity (Wildman–Crippen MR) is 105 cm³/mol. The van der Waals surface area contributed by atoms with Gasteiger partial charge in [0.2, 0.25) is 0 Å². The van der Waals surface area contributed by atoms with Crippen LogP contribution in [0.3, 0.4) is 0 Å². The van der Waals surface area contributed by atoms with Crippen molar-refractivity contribution in [2.24, 2.45) is 0 Å². The molecule has 0 unspecified atom stereocenters. The third-order valence-electron chi connectivity index (χ3n) is 5.33. The molecule has 6 nitrogen and oxygen atoms in total. The number of carbonyl (C=O) groups is 2. The lowest BCUT2D eigenvalue weighted by atomic mass is 9.74. The Hall–Kier alpha value is -2.86. The number of hydrogen-bond acceptors (Lipinski definition) is 4. The Morgan fingerprint density at radius 2 is 1.75 bits per heavy atom. The summed E-state index contributed by atoms with van der Waals surface area (Å²) in [4.78, 5) is 24.0. The first-order chi connectivity index (χ1) is 13.4. The molecule has 1 heterocycles. The van der Waals surface area contributed by atoms with E-state index in [1.165, 1.54) is 6.07 Å². The molecule has 1 aliphatic rings. The molecule has 2 aromatic rings. The van der Waals surface area contributed by atoms with Gasteiger partial charge < -0.3 is 19.9 Å². The summed E-state index contributed by atoms with van der Waals surface area (Å²) in [6.07, 6.45) is 1.60. The smallest absolute Gasteiger partial charge is 0.335 e. The Labute approximate surface area is 164 Å². The second-order valence-corrected chi connectivity index (χ2v) is 7.20. The van der Waals surface area contributed by atoms with Gasteiger partial charge in [-0.1, -0.05) is 12.1 Å². The van der Waals surface area contributed by atoms with Crippen molar-refractivity contribution in [1.29, 1.82) is 0 Å². The fraction of sp³-hybridized carbons (Fsp3) is 0.364. The van der Waals surface area contributed by atoms with E-state index in [0.717, 1.165) is 29.7 Å². The summed E-state index contributed by atoms with van der Waals surface area (Å²) in [6, 6.07) is 12.6. The number of carboxylic acid groups (broad SMARTS) is 1. The number of hydrogen-bond donors (Lipinski definition) is 2. The molecule has 0 radical (unpaired) electrons. The van der Waals surface area contributed by atoms with E-state index in [1.807, 2.05) is 24.3 Å². The number of nitrogens with one attached hydrogen (secondary N) is 1. The molecule has 0 atom stereocenters. The van der Waals surface area contributed by atoms with Crippen molar-refractivity contribution in [3.63, 3.8) is 0 Å². The Bertz CT molecular complexity index is 854. The molecular formula is C22H25NO5. The van der Waals surface area contributed by atoms with Gasteiger partial charge in [-0.2, -0.15) is 0 Å². The molecule has 0 spiro atoms. The fourth-order valence-electron chi connectivity index (χ4n) is 3.66. The average Bonchev–Trinajstić information content (AvgIpc) is 2.72. The first-order valence-corrected chi connectivity index (χ1v) is 9.29. The molecule has 1 amide bonds. The molecule has 2 N–H and O–H groups in total. The van der Waals surface area contributed by atoms with Gasteiger partial charge in [0.05, 0.1) is 12.7 Å². The van der Waals surface area contributed by atoms with Gasteiger partial charge in [-0.3, -0.25) is 4.79 Å². The number of ether oxygens (including phenoxy) is 2. The number of methoxy groups -OCH3 is 1. The van der Waals surface area contributed by atoms with Gasteiger partial charge in [-0.05, 0) is 61.2 Å². The number of carboxylic acids is 1. The molecular weight excluding hydrogens is 358 g/mol. The van der Waals surface area contributed by atoms with Crippen molar-refractivity contribution in [3.8, 4) is 5.75 Å². The van der Waals surface area contributed by atoms with Crippen LogP contribution >= 0.6 is 0 Å². The van der Waals surface area contributed by atoms with Gasteiger partial charge in [0.15, 0.2) is 0 Å². The lowest BCUT2D eigenvalue weighted by Gasteiger charge is -2.38. The van der Waals surface area contributed by atoms with Crippen LogP contribution in [0.1, 0.15) is 44.7 Å². The van der Waals surface area contributed by atoms with Crippen LogP contribution in [0.15, 0.2) is 42.5 Å². The molecule has 3 rings (SSSR count). The summed E-state index contributed by atoms with van der Waals surface area (Å²) >= 11 is 0. The summed E-state index contributed by atoms with van der Waals surface area (Å²) in [7, 11) is 1.63. The SMILES string of the molecule is COc1ccc(C2(CNC(=O)c3cc(C)cc(C(=O)O)c3)CCOCC2)cc1. The summed E-state index contributed by atoms with van der Waals surface area (Å²) in [6.45, 7) is 3.50. The van der Waals surface area contributed by atoms with Gasteiger partial charge in [0, 0.05) is 30.7 Å². The Morgan fingerprint density at radius 1 is 1.11 bits per heavy atom. The number of aryl methyl sites for hydroxylation is 1. The summed E-state index contributed by atoms with van der Waals surface area (Å²) < 4.78 is 10.8. The number of benzene rings is 2. The number of amides is 1. The highest BCUT2D eigenvalue weighted by Crippen LogP contribution is 2.35. The molecule has 0 saturated carbocycles. The van der Waals surface area contributed by atoms with Crippen molar-refractivity contribution >= 4 is 11.9 Å². The molecule has 0 aromatic heterocycles. The maximum atomic E-state index is 12.7. The number of rotatable bonds is 6. The summed E-state index contributed by atoms with van der Waals surface area (Å²) in [5.41, 5.74) is 2.11. The molecule has 0 bridgehead atoms. The number of carbonyl (C=O) groups excluding carboxylic acids is 1. The molecule has 28 heavy (non-hydrogen) atoms. The van der Waals surface area contributed by atoms with E-state index in [1.54, 1.807) is 26.2 Å². The van der Waals surface area contributed by atoms with E-state index in [0.29, 0.717) is 25.3 Å². The monoisotopic (exact) mass is 383 g/mol. The zero-order chi connectivity index (χ0) is 20.1. The van der Waals surface area contributed by atoms with E-state index in [-0.39, 0.29) is 16.9 Å². The van der Waals surface area contributed by atoms with Crippen LogP contribution in [0.5, 0.6) is 5.75 Å². The van der Waals surface area contributed by atoms with Gasteiger partial charge in [-0.25, -0.2) is 4.79 Å². The van der Waals surface area contributed by atoms with Crippen LogP contribution in [0.2, 0.25) is 0 Å². The molecule has 1 saturated heterocycles. The highest BCUT2D eigenvalue weighted by molar-refractivity contribution is 5.97. The average molecular weight is 383 g/mol. The normalized spacial score (nSPS) is 15.6. The lowest BCUT2D eigenvalue weighted by molar-refractivity contribution is 0.0487. The van der Waals surface area contributed by atoms with Crippen molar-refractivity contribution in [1.82, 2.24) is 5.32 Å². The molecule has 1 aliphatic heterocycles. The second kappa shape index (κ2) is 8.44. The highest BCUT2D eigenvalue weighted by atomic mass is 16.5. The first kappa shape index (κ1) is 19.9. The second-order valence-electron chi connectivity index (χ2n) is 7.20. The van der Waals surface area contributed by atoms with Crippen LogP contribution in [0.25, 0.3) is 0 Å². The number of aromatic carboxylic acids is 1. The quantitative estimate of drug-likeness (QED) is 0.800. The van der Waals surface area contributed by atoms with Crippen LogP contribution in [0.4, 0.5) is 0 Å². The maximum absolute atomic E-state index is 12.7. The molecule has 1 fully saturated rings. The van der Waals surface area contributed by atoms with E-state index in [9.17, 15) is 14.7 Å². The Balaban J connectivity index is 1.80. The minimum absolute atomic E-state index is 0.112. The van der Waals surface area contributed by atoms with Crippen molar-refractivity contribution in [3.05, 3.63) is 64.7 Å². The largest absolute Gasteiger partial charge is 0.497 e. The van der Waals surface area contributed by atoms with Crippen molar-refractivity contribution in [2.75, 3.05) is 26.9 Å². The van der Waals surface area contributed by atoms with Crippen LogP contribution < -0.4 is 10.1 Å². The summed E-state index contributed by atoms with van der Waals surface area (Å²) in [5.74, 6) is -0.529. The minimum atomic E-state index is -1.04. The van der Waals surface area contributed by atoms with Gasteiger partial charge in [0.25, 0.3) is 5.91 Å². The van der Waals surface area contributed by atoms with E-state index in [2.05, 4.69) is 5.32 Å². The predicted octanol–water partition coefficient (Wildman–Crippen LogP) is 3.18. The van der Waals surface area contributed by atoms with Crippen LogP contribution in [-0.2, 0) is 10.2 Å².